The highest BCUT2D eigenvalue weighted by molar-refractivity contribution is 7.17. The molecule has 1 fully saturated rings. The second-order valence-corrected chi connectivity index (χ2v) is 9.33. The van der Waals surface area contributed by atoms with Crippen molar-refractivity contribution in [1.29, 1.82) is 0 Å². The van der Waals surface area contributed by atoms with Gasteiger partial charge in [0.1, 0.15) is 10.8 Å². The topological polar surface area (TPSA) is 32.3 Å². The Morgan fingerprint density at radius 3 is 2.50 bits per heavy atom. The van der Waals surface area contributed by atoms with E-state index < -0.39 is 0 Å². The van der Waals surface area contributed by atoms with Gasteiger partial charge < -0.3 is 5.32 Å². The van der Waals surface area contributed by atoms with Gasteiger partial charge in [-0.1, -0.05) is 18.2 Å². The molecule has 0 radical (unpaired) electrons. The first-order valence-electron chi connectivity index (χ1n) is 9.49. The van der Waals surface area contributed by atoms with Crippen LogP contribution in [0.15, 0.2) is 41.8 Å². The van der Waals surface area contributed by atoms with E-state index in [1.165, 1.54) is 33.9 Å². The predicted octanol–water partition coefficient (Wildman–Crippen LogP) is 6.00. The number of anilines is 1. The van der Waals surface area contributed by atoms with Crippen molar-refractivity contribution >= 4 is 33.6 Å². The molecule has 1 aromatic carbocycles. The molecule has 4 rings (SSSR count). The van der Waals surface area contributed by atoms with Gasteiger partial charge in [0.2, 0.25) is 0 Å². The summed E-state index contributed by atoms with van der Waals surface area (Å²) in [7, 11) is 0. The van der Waals surface area contributed by atoms with Crippen molar-refractivity contribution in [2.75, 3.05) is 18.4 Å². The van der Waals surface area contributed by atoms with Crippen molar-refractivity contribution in [3.63, 3.8) is 0 Å². The normalized spacial score (nSPS) is 15.7. The largest absolute Gasteiger partial charge is 0.313 e. The number of halogens is 1. The molecule has 0 aliphatic carbocycles. The number of hydrogen-bond acceptors (Lipinski definition) is 4. The number of aryl methyl sites for hydroxylation is 1. The van der Waals surface area contributed by atoms with E-state index in [9.17, 15) is 9.18 Å². The summed E-state index contributed by atoms with van der Waals surface area (Å²) in [4.78, 5) is 17.1. The number of carbonyl (C=O) groups excluding carboxylic acids is 1. The van der Waals surface area contributed by atoms with Crippen LogP contribution in [0.4, 0.5) is 9.39 Å². The quantitative estimate of drug-likeness (QED) is 0.555. The monoisotopic (exact) mass is 414 g/mol. The highest BCUT2D eigenvalue weighted by atomic mass is 32.1. The van der Waals surface area contributed by atoms with Gasteiger partial charge in [-0.3, -0.25) is 9.69 Å². The SMILES string of the molecule is Cc1sc(NC(=O)c2cccs2)c([C@H](c2ccc(F)cc2)N2CCCC2)c1C. The molecular formula is C22H23FN2OS2. The molecule has 0 spiro atoms. The van der Waals surface area contributed by atoms with E-state index >= 15 is 0 Å². The summed E-state index contributed by atoms with van der Waals surface area (Å²) in [5.41, 5.74) is 3.41. The Labute approximate surface area is 172 Å². The second kappa shape index (κ2) is 8.15. The Morgan fingerprint density at radius 1 is 1.14 bits per heavy atom. The predicted molar refractivity (Wildman–Crippen MR) is 115 cm³/mol. The Balaban J connectivity index is 1.77. The van der Waals surface area contributed by atoms with Crippen molar-refractivity contribution in [2.45, 2.75) is 32.7 Å². The van der Waals surface area contributed by atoms with Crippen molar-refractivity contribution in [2.24, 2.45) is 0 Å². The molecule has 146 valence electrons. The summed E-state index contributed by atoms with van der Waals surface area (Å²) in [5, 5.41) is 5.96. The molecular weight excluding hydrogens is 391 g/mol. The first kappa shape index (κ1) is 19.3. The number of nitrogens with one attached hydrogen (secondary N) is 1. The maximum atomic E-state index is 13.6. The molecule has 1 N–H and O–H groups in total. The summed E-state index contributed by atoms with van der Waals surface area (Å²) in [6, 6.07) is 10.5. The Bertz CT molecular complexity index is 957. The molecule has 6 heteroatoms. The number of benzene rings is 1. The molecule has 3 heterocycles. The van der Waals surface area contributed by atoms with Crippen LogP contribution in [0.2, 0.25) is 0 Å². The number of carbonyl (C=O) groups is 1. The third kappa shape index (κ3) is 3.77. The maximum Gasteiger partial charge on any atom is 0.266 e. The highest BCUT2D eigenvalue weighted by Gasteiger charge is 2.31. The van der Waals surface area contributed by atoms with Gasteiger partial charge in [0, 0.05) is 10.4 Å². The summed E-state index contributed by atoms with van der Waals surface area (Å²) < 4.78 is 13.6. The molecule has 2 aromatic heterocycles. The fraction of sp³-hybridized carbons (Fsp3) is 0.318. The zero-order chi connectivity index (χ0) is 19.7. The molecule has 1 saturated heterocycles. The van der Waals surface area contributed by atoms with Crippen molar-refractivity contribution in [3.05, 3.63) is 74.0 Å². The van der Waals surface area contributed by atoms with Crippen LogP contribution in [0.5, 0.6) is 0 Å². The van der Waals surface area contributed by atoms with E-state index in [2.05, 4.69) is 24.1 Å². The van der Waals surface area contributed by atoms with Gasteiger partial charge in [0.15, 0.2) is 0 Å². The van der Waals surface area contributed by atoms with Gasteiger partial charge in [-0.15, -0.1) is 22.7 Å². The number of nitrogens with zero attached hydrogens (tertiary/aromatic N) is 1. The van der Waals surface area contributed by atoms with Crippen LogP contribution in [0, 0.1) is 19.7 Å². The van der Waals surface area contributed by atoms with Gasteiger partial charge in [-0.25, -0.2) is 4.39 Å². The minimum Gasteiger partial charge on any atom is -0.313 e. The van der Waals surface area contributed by atoms with Crippen LogP contribution in [0.25, 0.3) is 0 Å². The van der Waals surface area contributed by atoms with Gasteiger partial charge in [0.25, 0.3) is 5.91 Å². The standard InChI is InChI=1S/C22H23FN2OS2/c1-14-15(2)28-22(24-21(26)18-6-5-13-27-18)19(14)20(25-11-3-4-12-25)16-7-9-17(23)10-8-16/h5-10,13,20H,3-4,11-12H2,1-2H3,(H,24,26)/t20-/m0/s1. The highest BCUT2D eigenvalue weighted by Crippen LogP contribution is 2.43. The van der Waals surface area contributed by atoms with E-state index in [1.807, 2.05) is 29.6 Å². The van der Waals surface area contributed by atoms with Crippen molar-refractivity contribution in [1.82, 2.24) is 4.90 Å². The minimum absolute atomic E-state index is 0.0201. The van der Waals surface area contributed by atoms with Gasteiger partial charge in [-0.05, 0) is 74.5 Å². The van der Waals surface area contributed by atoms with E-state index in [0.717, 1.165) is 42.1 Å². The van der Waals surface area contributed by atoms with Crippen LogP contribution in [0.1, 0.15) is 50.1 Å². The molecule has 3 nitrogen and oxygen atoms in total. The number of rotatable bonds is 5. The maximum absolute atomic E-state index is 13.6. The van der Waals surface area contributed by atoms with E-state index in [1.54, 1.807) is 11.3 Å². The van der Waals surface area contributed by atoms with Crippen LogP contribution in [-0.4, -0.2) is 23.9 Å². The Hall–Kier alpha value is -2.02. The summed E-state index contributed by atoms with van der Waals surface area (Å²) in [5.74, 6) is -0.301. The molecule has 0 saturated carbocycles. The number of hydrogen-bond donors (Lipinski definition) is 1. The number of thiophene rings is 2. The lowest BCUT2D eigenvalue weighted by molar-refractivity contribution is 0.103. The third-order valence-electron chi connectivity index (χ3n) is 5.37. The van der Waals surface area contributed by atoms with E-state index in [4.69, 9.17) is 0 Å². The number of likely N-dealkylation sites (tertiary alicyclic amines) is 1. The molecule has 0 bridgehead atoms. The van der Waals surface area contributed by atoms with Crippen LogP contribution < -0.4 is 5.32 Å². The Kier molecular flexibility index (Phi) is 5.62. The average Bonchev–Trinajstić information content (AvgIpc) is 3.43. The molecule has 3 aromatic rings. The van der Waals surface area contributed by atoms with Crippen molar-refractivity contribution in [3.8, 4) is 0 Å². The zero-order valence-corrected chi connectivity index (χ0v) is 17.6. The summed E-state index contributed by atoms with van der Waals surface area (Å²) in [6.07, 6.45) is 2.33. The molecule has 1 aliphatic rings. The Morgan fingerprint density at radius 2 is 1.86 bits per heavy atom. The lowest BCUT2D eigenvalue weighted by atomic mass is 9.95. The first-order chi connectivity index (χ1) is 13.5. The zero-order valence-electron chi connectivity index (χ0n) is 16.0. The lowest BCUT2D eigenvalue weighted by Crippen LogP contribution is -2.27. The second-order valence-electron chi connectivity index (χ2n) is 7.15. The van der Waals surface area contributed by atoms with Crippen molar-refractivity contribution < 1.29 is 9.18 Å². The van der Waals surface area contributed by atoms with Gasteiger partial charge >= 0.3 is 0 Å². The van der Waals surface area contributed by atoms with Gasteiger partial charge in [-0.2, -0.15) is 0 Å². The van der Waals surface area contributed by atoms with E-state index in [-0.39, 0.29) is 17.8 Å². The molecule has 1 atom stereocenters. The van der Waals surface area contributed by atoms with Crippen LogP contribution in [-0.2, 0) is 0 Å². The smallest absolute Gasteiger partial charge is 0.266 e. The first-order valence-corrected chi connectivity index (χ1v) is 11.2. The van der Waals surface area contributed by atoms with Crippen LogP contribution >= 0.6 is 22.7 Å². The number of amides is 1. The lowest BCUT2D eigenvalue weighted by Gasteiger charge is -2.29. The fourth-order valence-corrected chi connectivity index (χ4v) is 5.55. The van der Waals surface area contributed by atoms with E-state index in [0.29, 0.717) is 4.88 Å². The molecule has 1 amide bonds. The minimum atomic E-state index is -0.228. The average molecular weight is 415 g/mol. The molecule has 28 heavy (non-hydrogen) atoms. The summed E-state index contributed by atoms with van der Waals surface area (Å²) >= 11 is 3.06. The molecule has 0 unspecified atom stereocenters. The third-order valence-corrected chi connectivity index (χ3v) is 7.38. The molecule has 1 aliphatic heterocycles. The van der Waals surface area contributed by atoms with Crippen LogP contribution in [0.3, 0.4) is 0 Å². The summed E-state index contributed by atoms with van der Waals surface area (Å²) in [6.45, 7) is 6.23. The fourth-order valence-electron chi connectivity index (χ4n) is 3.84. The van der Waals surface area contributed by atoms with Gasteiger partial charge in [0.05, 0.1) is 10.9 Å².